The predicted molar refractivity (Wildman–Crippen MR) is 61.2 cm³/mol. The van der Waals surface area contributed by atoms with Gasteiger partial charge in [-0.15, -0.1) is 0 Å². The molecule has 2 aliphatic heterocycles. The number of nitrogens with one attached hydrogen (secondary N) is 1. The molecule has 92 valence electrons. The van der Waals surface area contributed by atoms with E-state index in [1.807, 2.05) is 4.90 Å². The van der Waals surface area contributed by atoms with E-state index in [0.717, 1.165) is 12.8 Å². The Morgan fingerprint density at radius 1 is 1.47 bits per heavy atom. The Kier molecular flexibility index (Phi) is 2.32. The van der Waals surface area contributed by atoms with Gasteiger partial charge < -0.3 is 15.7 Å². The van der Waals surface area contributed by atoms with Gasteiger partial charge in [-0.05, 0) is 25.7 Å². The van der Waals surface area contributed by atoms with E-state index >= 15 is 0 Å². The summed E-state index contributed by atoms with van der Waals surface area (Å²) >= 11 is 0. The van der Waals surface area contributed by atoms with Gasteiger partial charge in [0.15, 0.2) is 0 Å². The molecule has 0 radical (unpaired) electrons. The number of nitrogen functional groups attached to an aromatic ring is 1. The van der Waals surface area contributed by atoms with Crippen LogP contribution < -0.4 is 5.73 Å². The van der Waals surface area contributed by atoms with E-state index in [0.29, 0.717) is 24.4 Å². The van der Waals surface area contributed by atoms with E-state index in [4.69, 9.17) is 5.73 Å². The summed E-state index contributed by atoms with van der Waals surface area (Å²) in [5, 5.41) is 16.1. The van der Waals surface area contributed by atoms with Gasteiger partial charge >= 0.3 is 0 Å². The summed E-state index contributed by atoms with van der Waals surface area (Å²) < 4.78 is 0. The summed E-state index contributed by atoms with van der Waals surface area (Å²) in [4.78, 5) is 14.2. The van der Waals surface area contributed by atoms with Crippen molar-refractivity contribution in [2.75, 3.05) is 5.73 Å². The van der Waals surface area contributed by atoms with Crippen LogP contribution in [0.25, 0.3) is 0 Å². The highest BCUT2D eigenvalue weighted by molar-refractivity contribution is 5.93. The zero-order valence-electron chi connectivity index (χ0n) is 9.47. The lowest BCUT2D eigenvalue weighted by atomic mass is 9.99. The summed E-state index contributed by atoms with van der Waals surface area (Å²) in [6.45, 7) is 0. The fraction of sp³-hybridized carbons (Fsp3) is 0.636. The molecule has 2 atom stereocenters. The molecule has 2 unspecified atom stereocenters. The summed E-state index contributed by atoms with van der Waals surface area (Å²) in [6.07, 6.45) is 3.08. The number of piperidine rings is 1. The number of carbonyl (C=O) groups is 1. The molecule has 4 N–H and O–H groups in total. The normalized spacial score (nSPS) is 31.8. The first kappa shape index (κ1) is 10.6. The number of aromatic nitrogens is 2. The van der Waals surface area contributed by atoms with Gasteiger partial charge in [0, 0.05) is 18.2 Å². The van der Waals surface area contributed by atoms with Crippen LogP contribution in [0.4, 0.5) is 5.82 Å². The summed E-state index contributed by atoms with van der Waals surface area (Å²) in [6, 6.07) is 1.90. The van der Waals surface area contributed by atoms with Crippen molar-refractivity contribution in [1.82, 2.24) is 15.1 Å². The highest BCUT2D eigenvalue weighted by Crippen LogP contribution is 2.36. The van der Waals surface area contributed by atoms with Crippen LogP contribution in [0.5, 0.6) is 0 Å². The van der Waals surface area contributed by atoms with Gasteiger partial charge in [0.1, 0.15) is 11.5 Å². The van der Waals surface area contributed by atoms with Gasteiger partial charge in [0.2, 0.25) is 0 Å². The minimum absolute atomic E-state index is 0.0476. The van der Waals surface area contributed by atoms with E-state index in [1.54, 1.807) is 6.07 Å². The first-order valence-electron chi connectivity index (χ1n) is 5.97. The van der Waals surface area contributed by atoms with Gasteiger partial charge in [-0.25, -0.2) is 0 Å². The van der Waals surface area contributed by atoms with Crippen LogP contribution in [0.2, 0.25) is 0 Å². The van der Waals surface area contributed by atoms with E-state index < -0.39 is 0 Å². The van der Waals surface area contributed by atoms with Crippen LogP contribution in [-0.4, -0.2) is 44.3 Å². The molecule has 2 fully saturated rings. The second-order valence-corrected chi connectivity index (χ2v) is 4.93. The number of anilines is 1. The molecule has 1 aromatic rings. The first-order valence-corrected chi connectivity index (χ1v) is 5.97. The average molecular weight is 236 g/mol. The lowest BCUT2D eigenvalue weighted by molar-refractivity contribution is 0.0282. The molecule has 0 aliphatic carbocycles. The van der Waals surface area contributed by atoms with Crippen LogP contribution in [0.1, 0.15) is 36.2 Å². The van der Waals surface area contributed by atoms with Crippen molar-refractivity contribution >= 4 is 11.7 Å². The molecular formula is C11H16N4O2. The molecule has 2 bridgehead atoms. The maximum absolute atomic E-state index is 12.3. The molecule has 0 spiro atoms. The first-order chi connectivity index (χ1) is 8.15. The zero-order chi connectivity index (χ0) is 12.0. The molecular weight excluding hydrogens is 220 g/mol. The maximum atomic E-state index is 12.3. The van der Waals surface area contributed by atoms with Gasteiger partial charge in [-0.3, -0.25) is 9.89 Å². The van der Waals surface area contributed by atoms with Crippen molar-refractivity contribution in [3.8, 4) is 0 Å². The number of hydrogen-bond acceptors (Lipinski definition) is 4. The lowest BCUT2D eigenvalue weighted by Crippen LogP contribution is -2.48. The quantitative estimate of drug-likeness (QED) is 0.645. The Bertz CT molecular complexity index is 430. The second kappa shape index (κ2) is 3.73. The van der Waals surface area contributed by atoms with E-state index in [1.165, 1.54) is 0 Å². The van der Waals surface area contributed by atoms with Crippen molar-refractivity contribution in [2.24, 2.45) is 0 Å². The lowest BCUT2D eigenvalue weighted by Gasteiger charge is -2.36. The minimum atomic E-state index is -0.261. The third kappa shape index (κ3) is 1.68. The predicted octanol–water partition coefficient (Wildman–Crippen LogP) is 0.120. The number of rotatable bonds is 1. The standard InChI is InChI=1S/C11H16N4O2/c12-10-5-9(13-14-10)11(17)15-6-1-2-7(15)4-8(16)3-6/h5-8,16H,1-4H2,(H3,12,13,14). The number of aromatic amines is 1. The van der Waals surface area contributed by atoms with E-state index in [2.05, 4.69) is 10.2 Å². The number of amides is 1. The fourth-order valence-electron chi connectivity index (χ4n) is 3.07. The maximum Gasteiger partial charge on any atom is 0.272 e. The highest BCUT2D eigenvalue weighted by atomic mass is 16.3. The molecule has 1 amide bonds. The smallest absolute Gasteiger partial charge is 0.272 e. The average Bonchev–Trinajstić information content (AvgIpc) is 2.81. The van der Waals surface area contributed by atoms with Crippen LogP contribution >= 0.6 is 0 Å². The highest BCUT2D eigenvalue weighted by Gasteiger charge is 2.43. The molecule has 1 aromatic heterocycles. The van der Waals surface area contributed by atoms with E-state index in [9.17, 15) is 9.90 Å². The number of carbonyl (C=O) groups excluding carboxylic acids is 1. The molecule has 17 heavy (non-hydrogen) atoms. The molecule has 3 heterocycles. The van der Waals surface area contributed by atoms with Crippen molar-refractivity contribution in [3.05, 3.63) is 11.8 Å². The third-order valence-electron chi connectivity index (χ3n) is 3.77. The monoisotopic (exact) mass is 236 g/mol. The van der Waals surface area contributed by atoms with Crippen molar-refractivity contribution in [1.29, 1.82) is 0 Å². The molecule has 0 aromatic carbocycles. The van der Waals surface area contributed by atoms with Crippen molar-refractivity contribution in [3.63, 3.8) is 0 Å². The number of H-pyrrole nitrogens is 1. The van der Waals surface area contributed by atoms with E-state index in [-0.39, 0.29) is 24.1 Å². The number of nitrogens with two attached hydrogens (primary N) is 1. The number of fused-ring (bicyclic) bond motifs is 2. The Balaban J connectivity index is 1.83. The van der Waals surface area contributed by atoms with Gasteiger partial charge in [0.25, 0.3) is 5.91 Å². The van der Waals surface area contributed by atoms with Crippen molar-refractivity contribution in [2.45, 2.75) is 43.9 Å². The molecule has 0 saturated carbocycles. The zero-order valence-corrected chi connectivity index (χ0v) is 9.47. The third-order valence-corrected chi connectivity index (χ3v) is 3.77. The van der Waals surface area contributed by atoms with Gasteiger partial charge in [0.05, 0.1) is 6.10 Å². The summed E-state index contributed by atoms with van der Waals surface area (Å²) in [7, 11) is 0. The Labute approximate surface area is 98.8 Å². The van der Waals surface area contributed by atoms with Crippen LogP contribution in [0, 0.1) is 0 Å². The fourth-order valence-corrected chi connectivity index (χ4v) is 3.07. The molecule has 2 aliphatic rings. The molecule has 3 rings (SSSR count). The SMILES string of the molecule is Nc1cc(C(=O)N2C3CCC2CC(O)C3)[nH]n1. The second-order valence-electron chi connectivity index (χ2n) is 4.93. The molecule has 2 saturated heterocycles. The number of aliphatic hydroxyl groups excluding tert-OH is 1. The van der Waals surface area contributed by atoms with Gasteiger partial charge in [-0.2, -0.15) is 5.10 Å². The van der Waals surface area contributed by atoms with Crippen LogP contribution in [-0.2, 0) is 0 Å². The largest absolute Gasteiger partial charge is 0.393 e. The Hall–Kier alpha value is -1.56. The Morgan fingerprint density at radius 3 is 2.65 bits per heavy atom. The number of aliphatic hydroxyl groups is 1. The number of nitrogens with zero attached hydrogens (tertiary/aromatic N) is 2. The Morgan fingerprint density at radius 2 is 2.12 bits per heavy atom. The van der Waals surface area contributed by atoms with Crippen molar-refractivity contribution < 1.29 is 9.90 Å². The molecule has 6 heteroatoms. The summed E-state index contributed by atoms with van der Waals surface area (Å²) in [5.74, 6) is 0.284. The topological polar surface area (TPSA) is 95.2 Å². The number of hydrogen-bond donors (Lipinski definition) is 3. The summed E-state index contributed by atoms with van der Waals surface area (Å²) in [5.41, 5.74) is 5.94. The van der Waals surface area contributed by atoms with Crippen LogP contribution in [0.3, 0.4) is 0 Å². The van der Waals surface area contributed by atoms with Crippen LogP contribution in [0.15, 0.2) is 6.07 Å². The minimum Gasteiger partial charge on any atom is -0.393 e. The van der Waals surface area contributed by atoms with Gasteiger partial charge in [-0.1, -0.05) is 0 Å². The molecule has 6 nitrogen and oxygen atoms in total.